The summed E-state index contributed by atoms with van der Waals surface area (Å²) in [5, 5.41) is 0. The van der Waals surface area contributed by atoms with Gasteiger partial charge in [-0.15, -0.1) is 0 Å². The van der Waals surface area contributed by atoms with Crippen LogP contribution in [0.15, 0.2) is 36.5 Å². The maximum atomic E-state index is 13.0. The number of benzene rings is 1. The molecular weight excluding hydrogens is 223 g/mol. The Bertz CT molecular complexity index is 532. The lowest BCUT2D eigenvalue weighted by Crippen LogP contribution is -1.96. The van der Waals surface area contributed by atoms with Gasteiger partial charge in [0.2, 0.25) is 0 Å². The number of hydrogen-bond acceptors (Lipinski definition) is 4. The highest BCUT2D eigenvalue weighted by Gasteiger charge is 2.09. The molecule has 17 heavy (non-hydrogen) atoms. The monoisotopic (exact) mass is 234 g/mol. The number of ether oxygens (including phenoxy) is 2. The molecule has 0 saturated heterocycles. The number of nitrogen functional groups attached to an aromatic ring is 1. The lowest BCUT2D eigenvalue weighted by atomic mass is 10.3. The van der Waals surface area contributed by atoms with Crippen molar-refractivity contribution >= 4 is 5.69 Å². The van der Waals surface area contributed by atoms with Gasteiger partial charge in [-0.2, -0.15) is 0 Å². The Morgan fingerprint density at radius 2 is 2.06 bits per heavy atom. The number of hydrogen-bond donors (Lipinski definition) is 1. The van der Waals surface area contributed by atoms with E-state index in [4.69, 9.17) is 15.2 Å². The zero-order chi connectivity index (χ0) is 12.3. The van der Waals surface area contributed by atoms with Gasteiger partial charge in [-0.25, -0.2) is 9.37 Å². The molecule has 0 saturated carbocycles. The van der Waals surface area contributed by atoms with E-state index in [-0.39, 0.29) is 11.6 Å². The van der Waals surface area contributed by atoms with Gasteiger partial charge in [-0.3, -0.25) is 0 Å². The standard InChI is InChI=1S/C12H11FN2O2/c1-16-10-3-2-6-15-12(10)17-11-7-8(13)4-5-9(11)14/h2-7H,14H2,1H3. The van der Waals surface area contributed by atoms with Crippen LogP contribution in [0.2, 0.25) is 0 Å². The SMILES string of the molecule is COc1cccnc1Oc1cc(F)ccc1N. The Labute approximate surface area is 97.8 Å². The molecule has 2 rings (SSSR count). The molecule has 0 spiro atoms. The molecule has 1 aromatic carbocycles. The van der Waals surface area contributed by atoms with Crippen LogP contribution in [0.25, 0.3) is 0 Å². The molecule has 88 valence electrons. The van der Waals surface area contributed by atoms with Crippen molar-refractivity contribution in [1.29, 1.82) is 0 Å². The van der Waals surface area contributed by atoms with Gasteiger partial charge in [0.25, 0.3) is 5.88 Å². The minimum atomic E-state index is -0.427. The first-order valence-corrected chi connectivity index (χ1v) is 4.92. The average molecular weight is 234 g/mol. The number of rotatable bonds is 3. The molecule has 0 radical (unpaired) electrons. The van der Waals surface area contributed by atoms with E-state index in [1.165, 1.54) is 25.3 Å². The molecule has 0 unspecified atom stereocenters. The van der Waals surface area contributed by atoms with Crippen molar-refractivity contribution < 1.29 is 13.9 Å². The maximum Gasteiger partial charge on any atom is 0.262 e. The van der Waals surface area contributed by atoms with Crippen LogP contribution in [0, 0.1) is 5.82 Å². The van der Waals surface area contributed by atoms with E-state index < -0.39 is 5.82 Å². The van der Waals surface area contributed by atoms with Crippen LogP contribution in [-0.2, 0) is 0 Å². The molecule has 0 amide bonds. The second-order valence-electron chi connectivity index (χ2n) is 3.30. The zero-order valence-electron chi connectivity index (χ0n) is 9.18. The molecule has 0 bridgehead atoms. The summed E-state index contributed by atoms with van der Waals surface area (Å²) in [6, 6.07) is 7.29. The number of pyridine rings is 1. The van der Waals surface area contributed by atoms with Gasteiger partial charge in [0.15, 0.2) is 11.5 Å². The average Bonchev–Trinajstić information content (AvgIpc) is 2.34. The molecule has 1 aromatic heterocycles. The summed E-state index contributed by atoms with van der Waals surface area (Å²) in [5.74, 6) is 0.481. The number of aromatic nitrogens is 1. The van der Waals surface area contributed by atoms with Gasteiger partial charge >= 0.3 is 0 Å². The zero-order valence-corrected chi connectivity index (χ0v) is 9.18. The van der Waals surface area contributed by atoms with E-state index >= 15 is 0 Å². The summed E-state index contributed by atoms with van der Waals surface area (Å²) in [4.78, 5) is 3.99. The first-order valence-electron chi connectivity index (χ1n) is 4.92. The fourth-order valence-electron chi connectivity index (χ4n) is 1.31. The van der Waals surface area contributed by atoms with E-state index in [1.807, 2.05) is 0 Å². The summed E-state index contributed by atoms with van der Waals surface area (Å²) >= 11 is 0. The van der Waals surface area contributed by atoms with E-state index in [9.17, 15) is 4.39 Å². The van der Waals surface area contributed by atoms with Crippen LogP contribution in [0.1, 0.15) is 0 Å². The highest BCUT2D eigenvalue weighted by Crippen LogP contribution is 2.32. The Kier molecular flexibility index (Phi) is 3.09. The van der Waals surface area contributed by atoms with Crippen LogP contribution in [-0.4, -0.2) is 12.1 Å². The third-order valence-corrected chi connectivity index (χ3v) is 2.14. The second kappa shape index (κ2) is 4.69. The Morgan fingerprint density at radius 1 is 1.24 bits per heavy atom. The van der Waals surface area contributed by atoms with Crippen LogP contribution in [0.5, 0.6) is 17.4 Å². The van der Waals surface area contributed by atoms with E-state index in [2.05, 4.69) is 4.98 Å². The summed E-state index contributed by atoms with van der Waals surface area (Å²) in [7, 11) is 1.50. The fourth-order valence-corrected chi connectivity index (χ4v) is 1.31. The van der Waals surface area contributed by atoms with E-state index in [0.29, 0.717) is 11.4 Å². The van der Waals surface area contributed by atoms with Crippen molar-refractivity contribution in [2.75, 3.05) is 12.8 Å². The summed E-state index contributed by atoms with van der Waals surface area (Å²) in [6.45, 7) is 0. The summed E-state index contributed by atoms with van der Waals surface area (Å²) in [6.07, 6.45) is 1.55. The van der Waals surface area contributed by atoms with E-state index in [0.717, 1.165) is 0 Å². The molecule has 0 aliphatic carbocycles. The molecular formula is C12H11FN2O2. The second-order valence-corrected chi connectivity index (χ2v) is 3.30. The lowest BCUT2D eigenvalue weighted by Gasteiger charge is -2.10. The van der Waals surface area contributed by atoms with Gasteiger partial charge in [0.1, 0.15) is 5.82 Å². The van der Waals surface area contributed by atoms with Crippen molar-refractivity contribution in [1.82, 2.24) is 4.98 Å². The van der Waals surface area contributed by atoms with Crippen molar-refractivity contribution in [2.24, 2.45) is 0 Å². The van der Waals surface area contributed by atoms with Crippen molar-refractivity contribution in [3.8, 4) is 17.4 Å². The number of methoxy groups -OCH3 is 1. The quantitative estimate of drug-likeness (QED) is 0.829. The van der Waals surface area contributed by atoms with Crippen LogP contribution >= 0.6 is 0 Å². The Hall–Kier alpha value is -2.30. The minimum absolute atomic E-state index is 0.210. The normalized spacial score (nSPS) is 10.0. The Morgan fingerprint density at radius 3 is 2.82 bits per heavy atom. The molecule has 0 atom stereocenters. The first kappa shape index (κ1) is 11.2. The maximum absolute atomic E-state index is 13.0. The smallest absolute Gasteiger partial charge is 0.262 e. The van der Waals surface area contributed by atoms with Crippen molar-refractivity contribution in [2.45, 2.75) is 0 Å². The van der Waals surface area contributed by atoms with E-state index in [1.54, 1.807) is 18.3 Å². The molecule has 4 nitrogen and oxygen atoms in total. The van der Waals surface area contributed by atoms with Crippen LogP contribution in [0.3, 0.4) is 0 Å². The molecule has 0 aliphatic rings. The third-order valence-electron chi connectivity index (χ3n) is 2.14. The number of anilines is 1. The molecule has 2 N–H and O–H groups in total. The largest absolute Gasteiger partial charge is 0.491 e. The van der Waals surface area contributed by atoms with Gasteiger partial charge in [-0.05, 0) is 24.3 Å². The minimum Gasteiger partial charge on any atom is -0.491 e. The van der Waals surface area contributed by atoms with Crippen molar-refractivity contribution in [3.05, 3.63) is 42.3 Å². The van der Waals surface area contributed by atoms with Crippen molar-refractivity contribution in [3.63, 3.8) is 0 Å². The van der Waals surface area contributed by atoms with Gasteiger partial charge in [0.05, 0.1) is 12.8 Å². The van der Waals surface area contributed by atoms with Gasteiger partial charge in [-0.1, -0.05) is 0 Å². The topological polar surface area (TPSA) is 57.4 Å². The third kappa shape index (κ3) is 2.44. The molecule has 0 aliphatic heterocycles. The molecule has 2 aromatic rings. The highest BCUT2D eigenvalue weighted by atomic mass is 19.1. The molecule has 1 heterocycles. The first-order chi connectivity index (χ1) is 8.20. The summed E-state index contributed by atoms with van der Waals surface area (Å²) in [5.41, 5.74) is 6.00. The predicted octanol–water partition coefficient (Wildman–Crippen LogP) is 2.60. The predicted molar refractivity (Wildman–Crippen MR) is 61.7 cm³/mol. The number of halogens is 1. The fraction of sp³-hybridized carbons (Fsp3) is 0.0833. The molecule has 0 fully saturated rings. The summed E-state index contributed by atoms with van der Waals surface area (Å²) < 4.78 is 23.5. The molecule has 5 heteroatoms. The van der Waals surface area contributed by atoms with Crippen LogP contribution in [0.4, 0.5) is 10.1 Å². The van der Waals surface area contributed by atoms with Crippen LogP contribution < -0.4 is 15.2 Å². The van der Waals surface area contributed by atoms with Gasteiger partial charge < -0.3 is 15.2 Å². The lowest BCUT2D eigenvalue weighted by molar-refractivity contribution is 0.369. The number of nitrogens with zero attached hydrogens (tertiary/aromatic N) is 1. The Balaban J connectivity index is 2.34. The van der Waals surface area contributed by atoms with Gasteiger partial charge in [0, 0.05) is 12.3 Å². The number of nitrogens with two attached hydrogens (primary N) is 1. The highest BCUT2D eigenvalue weighted by molar-refractivity contribution is 5.54.